The van der Waals surface area contributed by atoms with Crippen molar-refractivity contribution in [2.75, 3.05) is 5.32 Å². The summed E-state index contributed by atoms with van der Waals surface area (Å²) in [7, 11) is 0. The summed E-state index contributed by atoms with van der Waals surface area (Å²) < 4.78 is 0. The molecule has 3 heteroatoms. The highest BCUT2D eigenvalue weighted by Crippen LogP contribution is 2.28. The maximum absolute atomic E-state index is 6.18. The fourth-order valence-electron chi connectivity index (χ4n) is 1.89. The fraction of sp³-hybridized carbons (Fsp3) is 0.333. The zero-order valence-electron chi connectivity index (χ0n) is 10.7. The predicted octanol–water partition coefficient (Wildman–Crippen LogP) is 5.22. The zero-order valence-corrected chi connectivity index (χ0v) is 12.3. The van der Waals surface area contributed by atoms with E-state index in [0.29, 0.717) is 0 Å². The Labute approximate surface area is 118 Å². The lowest BCUT2D eigenvalue weighted by Gasteiger charge is -2.12. The summed E-state index contributed by atoms with van der Waals surface area (Å²) in [5.74, 6) is 0. The summed E-state index contributed by atoms with van der Waals surface area (Å²) in [5.41, 5.74) is 2.29. The summed E-state index contributed by atoms with van der Waals surface area (Å²) >= 11 is 8.05. The molecule has 2 rings (SSSR count). The van der Waals surface area contributed by atoms with E-state index in [1.807, 2.05) is 30.4 Å². The molecule has 1 nitrogen and oxygen atoms in total. The maximum Gasteiger partial charge on any atom is 0.0577 e. The topological polar surface area (TPSA) is 12.0 Å². The zero-order chi connectivity index (χ0) is 13.0. The summed E-state index contributed by atoms with van der Waals surface area (Å²) in [6.07, 6.45) is 1.11. The standard InChI is InChI=1S/C15H18ClNS/c1-3-12-8-9-13(18-12)10-17-15-7-5-4-6-14(15)11(2)16/h4-9,11,17H,3,10H2,1-2H3. The lowest BCUT2D eigenvalue weighted by molar-refractivity contribution is 1.07. The van der Waals surface area contributed by atoms with Crippen LogP contribution < -0.4 is 5.32 Å². The van der Waals surface area contributed by atoms with Crippen molar-refractivity contribution >= 4 is 28.6 Å². The van der Waals surface area contributed by atoms with Crippen molar-refractivity contribution in [3.8, 4) is 0 Å². The Bertz CT molecular complexity index is 505. The first-order chi connectivity index (χ1) is 8.70. The van der Waals surface area contributed by atoms with E-state index in [2.05, 4.69) is 36.5 Å². The lowest BCUT2D eigenvalue weighted by Crippen LogP contribution is -2.01. The van der Waals surface area contributed by atoms with Crippen molar-refractivity contribution in [2.45, 2.75) is 32.2 Å². The molecule has 1 aromatic heterocycles. The molecule has 1 aromatic carbocycles. The number of halogens is 1. The normalized spacial score (nSPS) is 12.4. The van der Waals surface area contributed by atoms with Gasteiger partial charge in [0.2, 0.25) is 0 Å². The van der Waals surface area contributed by atoms with E-state index in [1.165, 1.54) is 9.75 Å². The van der Waals surface area contributed by atoms with Crippen LogP contribution in [0.4, 0.5) is 5.69 Å². The second-order valence-electron chi connectivity index (χ2n) is 4.28. The third kappa shape index (κ3) is 3.27. The Hall–Kier alpha value is -0.990. The third-order valence-corrected chi connectivity index (χ3v) is 4.37. The van der Waals surface area contributed by atoms with E-state index in [1.54, 1.807) is 0 Å². The van der Waals surface area contributed by atoms with E-state index in [-0.39, 0.29) is 5.38 Å². The van der Waals surface area contributed by atoms with Gasteiger partial charge in [-0.25, -0.2) is 0 Å². The molecule has 1 unspecified atom stereocenters. The van der Waals surface area contributed by atoms with Crippen LogP contribution in [0.15, 0.2) is 36.4 Å². The molecule has 0 saturated heterocycles. The molecule has 0 fully saturated rings. The molecule has 0 spiro atoms. The second-order valence-corrected chi connectivity index (χ2v) is 6.19. The van der Waals surface area contributed by atoms with E-state index in [0.717, 1.165) is 24.2 Å². The van der Waals surface area contributed by atoms with Gasteiger partial charge in [0.1, 0.15) is 0 Å². The van der Waals surface area contributed by atoms with Crippen LogP contribution in [-0.2, 0) is 13.0 Å². The quantitative estimate of drug-likeness (QED) is 0.740. The smallest absolute Gasteiger partial charge is 0.0577 e. The summed E-state index contributed by atoms with van der Waals surface area (Å²) in [6.45, 7) is 5.06. The van der Waals surface area contributed by atoms with Crippen molar-refractivity contribution in [1.82, 2.24) is 0 Å². The molecule has 0 radical (unpaired) electrons. The number of nitrogens with one attached hydrogen (secondary N) is 1. The fourth-order valence-corrected chi connectivity index (χ4v) is 2.98. The van der Waals surface area contributed by atoms with Gasteiger partial charge in [0.15, 0.2) is 0 Å². The number of alkyl halides is 1. The first-order valence-electron chi connectivity index (χ1n) is 6.25. The van der Waals surface area contributed by atoms with E-state index in [4.69, 9.17) is 11.6 Å². The highest BCUT2D eigenvalue weighted by atomic mass is 35.5. The van der Waals surface area contributed by atoms with Crippen LogP contribution >= 0.6 is 22.9 Å². The van der Waals surface area contributed by atoms with Crippen LogP contribution in [0, 0.1) is 0 Å². The number of para-hydroxylation sites is 1. The molecule has 18 heavy (non-hydrogen) atoms. The molecule has 1 heterocycles. The lowest BCUT2D eigenvalue weighted by atomic mass is 10.1. The molecule has 0 saturated carbocycles. The minimum atomic E-state index is 0.0308. The monoisotopic (exact) mass is 279 g/mol. The Morgan fingerprint density at radius 2 is 1.89 bits per heavy atom. The third-order valence-electron chi connectivity index (χ3n) is 2.91. The van der Waals surface area contributed by atoms with Gasteiger partial charge in [-0.1, -0.05) is 25.1 Å². The SMILES string of the molecule is CCc1ccc(CNc2ccccc2C(C)Cl)s1. The van der Waals surface area contributed by atoms with Gasteiger partial charge in [0, 0.05) is 22.0 Å². The molecular formula is C15H18ClNS. The average molecular weight is 280 g/mol. The molecule has 0 aliphatic carbocycles. The van der Waals surface area contributed by atoms with Gasteiger partial charge in [0.05, 0.1) is 5.38 Å². The number of anilines is 1. The van der Waals surface area contributed by atoms with Gasteiger partial charge < -0.3 is 5.32 Å². The number of rotatable bonds is 5. The second kappa shape index (κ2) is 6.26. The van der Waals surface area contributed by atoms with Crippen LogP contribution in [0.3, 0.4) is 0 Å². The van der Waals surface area contributed by atoms with Gasteiger partial charge in [-0.05, 0) is 37.1 Å². The van der Waals surface area contributed by atoms with Gasteiger partial charge in [-0.2, -0.15) is 0 Å². The molecule has 96 valence electrons. The minimum Gasteiger partial charge on any atom is -0.380 e. The Balaban J connectivity index is 2.05. The predicted molar refractivity (Wildman–Crippen MR) is 81.7 cm³/mol. The molecule has 0 aliphatic heterocycles. The molecule has 1 N–H and O–H groups in total. The molecule has 0 bridgehead atoms. The van der Waals surface area contributed by atoms with Crippen LogP contribution in [0.1, 0.15) is 34.5 Å². The van der Waals surface area contributed by atoms with Gasteiger partial charge in [0.25, 0.3) is 0 Å². The molecule has 0 aliphatic rings. The Morgan fingerprint density at radius 3 is 2.56 bits per heavy atom. The van der Waals surface area contributed by atoms with Crippen molar-refractivity contribution in [2.24, 2.45) is 0 Å². The van der Waals surface area contributed by atoms with E-state index < -0.39 is 0 Å². The highest BCUT2D eigenvalue weighted by Gasteiger charge is 2.07. The highest BCUT2D eigenvalue weighted by molar-refractivity contribution is 7.12. The van der Waals surface area contributed by atoms with E-state index in [9.17, 15) is 0 Å². The van der Waals surface area contributed by atoms with Gasteiger partial charge in [-0.15, -0.1) is 22.9 Å². The van der Waals surface area contributed by atoms with Crippen molar-refractivity contribution in [1.29, 1.82) is 0 Å². The van der Waals surface area contributed by atoms with Gasteiger partial charge in [-0.3, -0.25) is 0 Å². The number of thiophene rings is 1. The van der Waals surface area contributed by atoms with Crippen LogP contribution in [0.25, 0.3) is 0 Å². The summed E-state index contributed by atoms with van der Waals surface area (Å²) in [4.78, 5) is 2.80. The van der Waals surface area contributed by atoms with Crippen LogP contribution in [0.5, 0.6) is 0 Å². The molecule has 1 atom stereocenters. The van der Waals surface area contributed by atoms with Crippen molar-refractivity contribution < 1.29 is 0 Å². The summed E-state index contributed by atoms with van der Waals surface area (Å²) in [6, 6.07) is 12.6. The summed E-state index contributed by atoms with van der Waals surface area (Å²) in [5, 5.41) is 3.51. The molecular weight excluding hydrogens is 262 g/mol. The van der Waals surface area contributed by atoms with Gasteiger partial charge >= 0.3 is 0 Å². The number of hydrogen-bond donors (Lipinski definition) is 1. The molecule has 2 aromatic rings. The average Bonchev–Trinajstić information content (AvgIpc) is 2.84. The van der Waals surface area contributed by atoms with Crippen molar-refractivity contribution in [3.05, 3.63) is 51.7 Å². The molecule has 0 amide bonds. The minimum absolute atomic E-state index is 0.0308. The first kappa shape index (κ1) is 13.4. The largest absolute Gasteiger partial charge is 0.380 e. The Morgan fingerprint density at radius 1 is 1.17 bits per heavy atom. The van der Waals surface area contributed by atoms with Crippen LogP contribution in [-0.4, -0.2) is 0 Å². The van der Waals surface area contributed by atoms with Crippen molar-refractivity contribution in [3.63, 3.8) is 0 Å². The number of aryl methyl sites for hydroxylation is 1. The Kier molecular flexibility index (Phi) is 4.67. The first-order valence-corrected chi connectivity index (χ1v) is 7.50. The maximum atomic E-state index is 6.18. The number of benzene rings is 1. The van der Waals surface area contributed by atoms with E-state index >= 15 is 0 Å². The number of hydrogen-bond acceptors (Lipinski definition) is 2. The van der Waals surface area contributed by atoms with Crippen LogP contribution in [0.2, 0.25) is 0 Å².